The predicted molar refractivity (Wildman–Crippen MR) is 142 cm³/mol. The van der Waals surface area contributed by atoms with Gasteiger partial charge in [-0.2, -0.15) is 13.2 Å². The van der Waals surface area contributed by atoms with Gasteiger partial charge in [0.1, 0.15) is 17.5 Å². The first-order valence-corrected chi connectivity index (χ1v) is 13.6. The Morgan fingerprint density at radius 3 is 2.41 bits per heavy atom. The number of fused-ring (bicyclic) bond motifs is 1. The first-order valence-electron chi connectivity index (χ1n) is 12.2. The lowest BCUT2D eigenvalue weighted by Crippen LogP contribution is -2.50. The van der Waals surface area contributed by atoms with Crippen LogP contribution < -0.4 is 10.2 Å². The zero-order valence-electron chi connectivity index (χ0n) is 21.7. The van der Waals surface area contributed by atoms with Crippen LogP contribution in [0.15, 0.2) is 41.3 Å². The maximum Gasteiger partial charge on any atom is 0.408 e. The minimum Gasteiger partial charge on any atom is -0.444 e. The van der Waals surface area contributed by atoms with Crippen LogP contribution in [-0.2, 0) is 16.1 Å². The maximum absolute atomic E-state index is 15.0. The minimum atomic E-state index is -4.33. The lowest BCUT2D eigenvalue weighted by molar-refractivity contribution is -0.135. The lowest BCUT2D eigenvalue weighted by Gasteiger charge is -2.27. The average molecular weight is 589 g/mol. The number of hydrogen-bond acceptors (Lipinski definition) is 5. The van der Waals surface area contributed by atoms with Crippen LogP contribution in [-0.4, -0.2) is 41.4 Å². The van der Waals surface area contributed by atoms with E-state index in [9.17, 15) is 27.6 Å². The third-order valence-corrected chi connectivity index (χ3v) is 7.06. The van der Waals surface area contributed by atoms with Gasteiger partial charge in [-0.1, -0.05) is 23.7 Å². The van der Waals surface area contributed by atoms with Crippen molar-refractivity contribution in [2.24, 2.45) is 0 Å². The number of carbonyl (C=O) groups excluding carboxylic acids is 3. The van der Waals surface area contributed by atoms with E-state index in [1.165, 1.54) is 11.0 Å². The molecule has 6 nitrogen and oxygen atoms in total. The van der Waals surface area contributed by atoms with Gasteiger partial charge in [0, 0.05) is 28.5 Å². The number of rotatable bonds is 8. The van der Waals surface area contributed by atoms with Crippen LogP contribution in [0.5, 0.6) is 0 Å². The van der Waals surface area contributed by atoms with Crippen molar-refractivity contribution in [3.05, 3.63) is 58.4 Å². The van der Waals surface area contributed by atoms with E-state index < -0.39 is 47.8 Å². The van der Waals surface area contributed by atoms with Crippen molar-refractivity contribution in [2.45, 2.75) is 75.7 Å². The van der Waals surface area contributed by atoms with Crippen LogP contribution in [0.25, 0.3) is 0 Å². The first-order chi connectivity index (χ1) is 18.1. The molecule has 39 heavy (non-hydrogen) atoms. The van der Waals surface area contributed by atoms with Gasteiger partial charge in [0.15, 0.2) is 5.78 Å². The number of carbonyl (C=O) groups is 3. The van der Waals surface area contributed by atoms with Gasteiger partial charge >= 0.3 is 12.3 Å². The minimum absolute atomic E-state index is 0.0287. The summed E-state index contributed by atoms with van der Waals surface area (Å²) >= 11 is 7.11. The number of unbranched alkanes of at least 4 members (excludes halogenated alkanes) is 1. The van der Waals surface area contributed by atoms with E-state index in [1.807, 2.05) is 0 Å². The maximum atomic E-state index is 15.0. The summed E-state index contributed by atoms with van der Waals surface area (Å²) in [6.45, 7) is 5.08. The van der Waals surface area contributed by atoms with Crippen molar-refractivity contribution in [1.29, 1.82) is 0 Å². The molecule has 12 heteroatoms. The van der Waals surface area contributed by atoms with Crippen LogP contribution in [0.3, 0.4) is 0 Å². The fourth-order valence-electron chi connectivity index (χ4n) is 3.87. The monoisotopic (exact) mass is 588 g/mol. The molecule has 2 aromatic rings. The SMILES string of the molecule is CC(C)(C)OC(=O)N[C@H]1CSc2cc(F)c(C(=O)CCCCC(F)(F)F)cc2N(Cc2ccc(Cl)cc2)C1=O. The molecule has 0 saturated carbocycles. The summed E-state index contributed by atoms with van der Waals surface area (Å²) < 4.78 is 57.6. The fourth-order valence-corrected chi connectivity index (χ4v) is 5.07. The number of nitrogens with one attached hydrogen (secondary N) is 1. The Morgan fingerprint density at radius 2 is 1.79 bits per heavy atom. The summed E-state index contributed by atoms with van der Waals surface area (Å²) in [5, 5.41) is 3.06. The Kier molecular flexibility index (Phi) is 9.93. The smallest absolute Gasteiger partial charge is 0.408 e. The second-order valence-corrected chi connectivity index (χ2v) is 11.6. The third kappa shape index (κ3) is 9.13. The van der Waals surface area contributed by atoms with Gasteiger partial charge in [0.2, 0.25) is 0 Å². The van der Waals surface area contributed by atoms with Gasteiger partial charge in [-0.25, -0.2) is 9.18 Å². The number of alkyl halides is 3. The van der Waals surface area contributed by atoms with Crippen molar-refractivity contribution >= 4 is 46.8 Å². The van der Waals surface area contributed by atoms with Crippen LogP contribution in [0.4, 0.5) is 28.0 Å². The van der Waals surface area contributed by atoms with Gasteiger partial charge in [-0.15, -0.1) is 11.8 Å². The van der Waals surface area contributed by atoms with Gasteiger partial charge in [0.25, 0.3) is 5.91 Å². The number of Topliss-reactive ketones (excluding diaryl/α,β-unsaturated/α-hetero) is 1. The molecule has 1 heterocycles. The molecule has 3 rings (SSSR count). The molecule has 1 aliphatic heterocycles. The van der Waals surface area contributed by atoms with Crippen LogP contribution in [0.1, 0.15) is 62.4 Å². The van der Waals surface area contributed by atoms with E-state index in [4.69, 9.17) is 16.3 Å². The predicted octanol–water partition coefficient (Wildman–Crippen LogP) is 7.32. The molecular weight excluding hydrogens is 560 g/mol. The van der Waals surface area contributed by atoms with E-state index in [0.717, 1.165) is 17.8 Å². The zero-order chi connectivity index (χ0) is 29.0. The number of ether oxygens (including phenoxy) is 1. The summed E-state index contributed by atoms with van der Waals surface area (Å²) in [6, 6.07) is 8.08. The van der Waals surface area contributed by atoms with Crippen molar-refractivity contribution in [1.82, 2.24) is 5.32 Å². The van der Waals surface area contributed by atoms with E-state index >= 15 is 4.39 Å². The van der Waals surface area contributed by atoms with Gasteiger partial charge in [-0.05, 0) is 63.4 Å². The highest BCUT2D eigenvalue weighted by Crippen LogP contribution is 2.38. The van der Waals surface area contributed by atoms with Crippen LogP contribution >= 0.6 is 23.4 Å². The molecule has 0 bridgehead atoms. The number of halogens is 5. The zero-order valence-corrected chi connectivity index (χ0v) is 23.2. The topological polar surface area (TPSA) is 75.7 Å². The third-order valence-electron chi connectivity index (χ3n) is 5.67. The summed E-state index contributed by atoms with van der Waals surface area (Å²) in [4.78, 5) is 40.6. The van der Waals surface area contributed by atoms with E-state index in [0.29, 0.717) is 15.5 Å². The summed E-state index contributed by atoms with van der Waals surface area (Å²) in [5.41, 5.74) is -0.164. The number of alkyl carbamates (subject to hydrolysis) is 1. The Balaban J connectivity index is 1.91. The molecule has 0 saturated heterocycles. The van der Waals surface area contributed by atoms with E-state index in [2.05, 4.69) is 5.32 Å². The quantitative estimate of drug-likeness (QED) is 0.199. The van der Waals surface area contributed by atoms with Crippen molar-refractivity contribution in [3.8, 4) is 0 Å². The van der Waals surface area contributed by atoms with Gasteiger partial charge < -0.3 is 15.0 Å². The normalized spacial score (nSPS) is 15.9. The molecule has 212 valence electrons. The molecule has 0 unspecified atom stereocenters. The van der Waals surface area contributed by atoms with E-state index in [-0.39, 0.29) is 42.8 Å². The molecule has 1 atom stereocenters. The number of ketones is 1. The number of nitrogens with zero attached hydrogens (tertiary/aromatic N) is 1. The van der Waals surface area contributed by atoms with Crippen molar-refractivity contribution in [2.75, 3.05) is 10.7 Å². The standard InChI is InChI=1S/C27H29ClF4N2O4S/c1-26(2,3)38-25(37)33-20-15-39-23-13-19(29)18(22(35)6-4-5-11-27(30,31)32)12-21(23)34(24(20)36)14-16-7-9-17(28)10-8-16/h7-10,12-13,20H,4-6,11,14-15H2,1-3H3,(H,33,37)/t20-/m0/s1. The largest absolute Gasteiger partial charge is 0.444 e. The number of hydrogen-bond donors (Lipinski definition) is 1. The molecule has 0 radical (unpaired) electrons. The first kappa shape index (κ1) is 30.7. The molecule has 2 aromatic carbocycles. The molecule has 1 N–H and O–H groups in total. The summed E-state index contributed by atoms with van der Waals surface area (Å²) in [5.74, 6) is -1.92. The van der Waals surface area contributed by atoms with Gasteiger partial charge in [0.05, 0.1) is 17.8 Å². The molecule has 0 aromatic heterocycles. The second-order valence-electron chi connectivity index (χ2n) is 10.1. The molecular formula is C27H29ClF4N2O4S. The molecule has 2 amide bonds. The highest BCUT2D eigenvalue weighted by Gasteiger charge is 2.34. The fraction of sp³-hybridized carbons (Fsp3) is 0.444. The molecule has 0 aliphatic carbocycles. The Bertz CT molecular complexity index is 1220. The molecule has 1 aliphatic rings. The van der Waals surface area contributed by atoms with Crippen molar-refractivity contribution in [3.63, 3.8) is 0 Å². The van der Waals surface area contributed by atoms with Gasteiger partial charge in [-0.3, -0.25) is 9.59 Å². The molecule has 0 spiro atoms. The highest BCUT2D eigenvalue weighted by molar-refractivity contribution is 7.99. The Labute approximate surface area is 233 Å². The lowest BCUT2D eigenvalue weighted by atomic mass is 10.0. The number of thioether (sulfide) groups is 1. The van der Waals surface area contributed by atoms with Crippen LogP contribution in [0, 0.1) is 5.82 Å². The average Bonchev–Trinajstić information content (AvgIpc) is 2.93. The number of benzene rings is 2. The van der Waals surface area contributed by atoms with Crippen LogP contribution in [0.2, 0.25) is 5.02 Å². The number of amides is 2. The Morgan fingerprint density at radius 1 is 1.13 bits per heavy atom. The Hall–Kier alpha value is -2.79. The highest BCUT2D eigenvalue weighted by atomic mass is 35.5. The van der Waals surface area contributed by atoms with Crippen molar-refractivity contribution < 1.29 is 36.7 Å². The summed E-state index contributed by atoms with van der Waals surface area (Å²) in [7, 11) is 0. The van der Waals surface area contributed by atoms with E-state index in [1.54, 1.807) is 45.0 Å². The second kappa shape index (κ2) is 12.6. The summed E-state index contributed by atoms with van der Waals surface area (Å²) in [6.07, 6.45) is -6.73. The molecule has 0 fully saturated rings. The number of anilines is 1.